The zero-order chi connectivity index (χ0) is 27.1. The van der Waals surface area contributed by atoms with E-state index in [9.17, 15) is 22.8 Å². The molecule has 0 spiro atoms. The molecule has 2 aromatic rings. The highest BCUT2D eigenvalue weighted by Crippen LogP contribution is 2.32. The molecular formula is C30H36F3NO3. The minimum atomic E-state index is -4.53. The maximum absolute atomic E-state index is 13.3. The fourth-order valence-electron chi connectivity index (χ4n) is 3.85. The molecule has 0 atom stereocenters. The lowest BCUT2D eigenvalue weighted by Gasteiger charge is -2.14. The van der Waals surface area contributed by atoms with Gasteiger partial charge in [-0.15, -0.1) is 0 Å². The zero-order valence-corrected chi connectivity index (χ0v) is 21.7. The molecule has 37 heavy (non-hydrogen) atoms. The number of unbranched alkanes of at least 4 members (excludes halogenated alkanes) is 8. The number of amides is 1. The highest BCUT2D eigenvalue weighted by molar-refractivity contribution is 6.37. The summed E-state index contributed by atoms with van der Waals surface area (Å²) in [4.78, 5) is 23.7. The number of rotatable bonds is 12. The van der Waals surface area contributed by atoms with Gasteiger partial charge < -0.3 is 10.1 Å². The van der Waals surface area contributed by atoms with Crippen molar-refractivity contribution in [2.75, 3.05) is 11.9 Å². The Kier molecular flexibility index (Phi) is 12.8. The van der Waals surface area contributed by atoms with Gasteiger partial charge in [-0.1, -0.05) is 75.8 Å². The van der Waals surface area contributed by atoms with Crippen LogP contribution >= 0.6 is 0 Å². The number of halogens is 3. The lowest BCUT2D eigenvalue weighted by atomic mass is 9.99. The highest BCUT2D eigenvalue weighted by Gasteiger charge is 2.31. The van der Waals surface area contributed by atoms with Crippen molar-refractivity contribution < 1.29 is 27.5 Å². The second-order valence-electron chi connectivity index (χ2n) is 8.94. The van der Waals surface area contributed by atoms with Gasteiger partial charge in [0.2, 0.25) is 0 Å². The van der Waals surface area contributed by atoms with E-state index in [-0.39, 0.29) is 24.3 Å². The summed E-state index contributed by atoms with van der Waals surface area (Å²) in [6.07, 6.45) is 6.45. The normalized spacial score (nSPS) is 10.9. The van der Waals surface area contributed by atoms with Crippen LogP contribution < -0.4 is 5.32 Å². The van der Waals surface area contributed by atoms with Crippen LogP contribution in [-0.2, 0) is 26.9 Å². The Morgan fingerprint density at radius 3 is 2.16 bits per heavy atom. The molecule has 0 unspecified atom stereocenters. The number of hydrogen-bond donors (Lipinski definition) is 1. The van der Waals surface area contributed by atoms with Gasteiger partial charge >= 0.3 is 18.1 Å². The van der Waals surface area contributed by atoms with Crippen molar-refractivity contribution >= 4 is 17.6 Å². The number of carbonyl (C=O) groups excluding carboxylic acids is 2. The van der Waals surface area contributed by atoms with Crippen molar-refractivity contribution in [3.8, 4) is 11.8 Å². The predicted molar refractivity (Wildman–Crippen MR) is 140 cm³/mol. The van der Waals surface area contributed by atoms with Gasteiger partial charge in [0, 0.05) is 17.7 Å². The topological polar surface area (TPSA) is 55.4 Å². The summed E-state index contributed by atoms with van der Waals surface area (Å²) in [6.45, 7) is 3.79. The minimum absolute atomic E-state index is 0.0144. The summed E-state index contributed by atoms with van der Waals surface area (Å²) in [5.41, 5.74) is 1.11. The molecule has 4 nitrogen and oxygen atoms in total. The first-order valence-corrected chi connectivity index (χ1v) is 13.0. The quantitative estimate of drug-likeness (QED) is 0.137. The zero-order valence-electron chi connectivity index (χ0n) is 21.7. The summed E-state index contributed by atoms with van der Waals surface area (Å²) < 4.78 is 44.5. The maximum Gasteiger partial charge on any atom is 0.416 e. The van der Waals surface area contributed by atoms with E-state index in [1.54, 1.807) is 19.1 Å². The Labute approximate surface area is 218 Å². The summed E-state index contributed by atoms with van der Waals surface area (Å²) >= 11 is 0. The van der Waals surface area contributed by atoms with Gasteiger partial charge in [0.1, 0.15) is 0 Å². The highest BCUT2D eigenvalue weighted by atomic mass is 19.4. The molecule has 1 N–H and O–H groups in total. The molecule has 1 amide bonds. The van der Waals surface area contributed by atoms with Crippen molar-refractivity contribution in [1.29, 1.82) is 0 Å². The van der Waals surface area contributed by atoms with Gasteiger partial charge in [-0.3, -0.25) is 4.79 Å². The van der Waals surface area contributed by atoms with Gasteiger partial charge in [-0.2, -0.15) is 13.2 Å². The van der Waals surface area contributed by atoms with Crippen LogP contribution in [0.2, 0.25) is 0 Å². The fourth-order valence-corrected chi connectivity index (χ4v) is 3.85. The predicted octanol–water partition coefficient (Wildman–Crippen LogP) is 7.68. The van der Waals surface area contributed by atoms with Crippen molar-refractivity contribution in [2.24, 2.45) is 0 Å². The third-order valence-electron chi connectivity index (χ3n) is 5.88. The first-order chi connectivity index (χ1) is 17.7. The van der Waals surface area contributed by atoms with E-state index in [0.717, 1.165) is 42.2 Å². The van der Waals surface area contributed by atoms with Crippen LogP contribution in [0.4, 0.5) is 18.9 Å². The van der Waals surface area contributed by atoms with Crippen LogP contribution in [-0.4, -0.2) is 18.5 Å². The summed E-state index contributed by atoms with van der Waals surface area (Å²) in [6, 6.07) is 10.3. The first-order valence-electron chi connectivity index (χ1n) is 13.0. The number of alkyl halides is 3. The number of ether oxygens (including phenoxy) is 1. The van der Waals surface area contributed by atoms with Crippen LogP contribution in [0.25, 0.3) is 0 Å². The Morgan fingerprint density at radius 1 is 0.892 bits per heavy atom. The summed E-state index contributed by atoms with van der Waals surface area (Å²) in [7, 11) is 0. The van der Waals surface area contributed by atoms with Crippen LogP contribution in [0.1, 0.15) is 93.9 Å². The molecule has 0 aliphatic carbocycles. The molecule has 2 rings (SSSR count). The molecule has 0 heterocycles. The van der Waals surface area contributed by atoms with E-state index in [2.05, 4.69) is 28.8 Å². The number of anilines is 1. The van der Waals surface area contributed by atoms with Crippen molar-refractivity contribution in [3.63, 3.8) is 0 Å². The van der Waals surface area contributed by atoms with Gasteiger partial charge in [0.25, 0.3) is 0 Å². The molecule has 0 aliphatic rings. The number of nitrogens with one attached hydrogen (secondary N) is 1. The molecule has 7 heteroatoms. The molecule has 2 aromatic carbocycles. The molecule has 0 fully saturated rings. The van der Waals surface area contributed by atoms with Gasteiger partial charge in [-0.05, 0) is 61.2 Å². The Bertz CT molecular complexity index is 1070. The molecule has 0 bridgehead atoms. The van der Waals surface area contributed by atoms with Crippen LogP contribution in [0, 0.1) is 11.8 Å². The largest absolute Gasteiger partial charge is 0.459 e. The monoisotopic (exact) mass is 515 g/mol. The molecule has 0 aromatic heterocycles. The van der Waals surface area contributed by atoms with E-state index in [4.69, 9.17) is 0 Å². The molecule has 0 radical (unpaired) electrons. The Hall–Kier alpha value is -3.27. The van der Waals surface area contributed by atoms with Crippen LogP contribution in [0.15, 0.2) is 42.5 Å². The van der Waals surface area contributed by atoms with Crippen molar-refractivity contribution in [2.45, 2.75) is 84.2 Å². The molecular weight excluding hydrogens is 479 g/mol. The lowest BCUT2D eigenvalue weighted by molar-refractivity contribution is -0.152. The van der Waals surface area contributed by atoms with Crippen molar-refractivity contribution in [3.05, 3.63) is 64.7 Å². The molecule has 0 saturated heterocycles. The SMILES string of the molecule is CCCCCCCCCCC#Cc1ccc(Cc2cc(C(F)(F)F)ccc2NC(=O)C(=O)OCC)cc1. The van der Waals surface area contributed by atoms with E-state index in [1.165, 1.54) is 44.9 Å². The summed E-state index contributed by atoms with van der Waals surface area (Å²) in [5, 5.41) is 2.36. The van der Waals surface area contributed by atoms with Gasteiger partial charge in [0.05, 0.1) is 12.2 Å². The van der Waals surface area contributed by atoms with E-state index < -0.39 is 23.6 Å². The van der Waals surface area contributed by atoms with Gasteiger partial charge in [-0.25, -0.2) is 4.79 Å². The fraction of sp³-hybridized carbons (Fsp3) is 0.467. The minimum Gasteiger partial charge on any atom is -0.459 e. The molecule has 0 saturated carbocycles. The van der Waals surface area contributed by atoms with Crippen LogP contribution in [0.3, 0.4) is 0 Å². The number of hydrogen-bond acceptors (Lipinski definition) is 3. The van der Waals surface area contributed by atoms with E-state index in [1.807, 2.05) is 12.1 Å². The molecule has 200 valence electrons. The average molecular weight is 516 g/mol. The Morgan fingerprint density at radius 2 is 1.54 bits per heavy atom. The second-order valence-corrected chi connectivity index (χ2v) is 8.94. The number of esters is 1. The average Bonchev–Trinajstić information content (AvgIpc) is 2.86. The second kappa shape index (κ2) is 15.8. The third kappa shape index (κ3) is 11.1. The number of carbonyl (C=O) groups is 2. The van der Waals surface area contributed by atoms with Crippen LogP contribution in [0.5, 0.6) is 0 Å². The number of benzene rings is 2. The molecule has 0 aliphatic heterocycles. The van der Waals surface area contributed by atoms with Gasteiger partial charge in [0.15, 0.2) is 0 Å². The third-order valence-corrected chi connectivity index (χ3v) is 5.88. The first kappa shape index (κ1) is 30.0. The maximum atomic E-state index is 13.3. The smallest absolute Gasteiger partial charge is 0.416 e. The van der Waals surface area contributed by atoms with E-state index >= 15 is 0 Å². The lowest BCUT2D eigenvalue weighted by Crippen LogP contribution is -2.25. The standard InChI is InChI=1S/C30H36F3NO3/c1-3-5-6-7-8-9-10-11-12-13-14-23-15-17-24(18-16-23)21-25-22-26(30(31,32)33)19-20-27(25)34-28(35)29(36)37-4-2/h15-20,22H,3-12,21H2,1-2H3,(H,34,35). The van der Waals surface area contributed by atoms with E-state index in [0.29, 0.717) is 0 Å². The Balaban J connectivity index is 1.99. The summed E-state index contributed by atoms with van der Waals surface area (Å²) in [5.74, 6) is 4.20. The van der Waals surface area contributed by atoms with Crippen molar-refractivity contribution in [1.82, 2.24) is 0 Å².